The molecule has 1 amide bonds. The molecule has 1 aromatic rings. The molecule has 1 N–H and O–H groups in total. The van der Waals surface area contributed by atoms with Crippen molar-refractivity contribution in [3.05, 3.63) is 23.8 Å². The fourth-order valence-electron chi connectivity index (χ4n) is 2.08. The van der Waals surface area contributed by atoms with Crippen LogP contribution in [0.3, 0.4) is 0 Å². The first-order chi connectivity index (χ1) is 9.56. The summed E-state index contributed by atoms with van der Waals surface area (Å²) in [4.78, 5) is 12.4. The molecule has 0 fully saturated rings. The number of ether oxygens (including phenoxy) is 2. The molecule has 1 aliphatic heterocycles. The Bertz CT molecular complexity index is 476. The van der Waals surface area contributed by atoms with Crippen molar-refractivity contribution >= 4 is 21.8 Å². The van der Waals surface area contributed by atoms with Gasteiger partial charge in [0, 0.05) is 16.9 Å². The third-order valence-corrected chi connectivity index (χ3v) is 3.71. The van der Waals surface area contributed by atoms with Crippen LogP contribution in [0, 0.1) is 5.92 Å². The summed E-state index contributed by atoms with van der Waals surface area (Å²) in [5.41, 5.74) is 0.596. The molecule has 1 unspecified atom stereocenters. The number of hydrogen-bond donors (Lipinski definition) is 1. The number of hydrogen-bond acceptors (Lipinski definition) is 3. The highest BCUT2D eigenvalue weighted by Gasteiger charge is 2.15. The van der Waals surface area contributed by atoms with Crippen LogP contribution in [0.4, 0.5) is 0 Å². The van der Waals surface area contributed by atoms with E-state index in [1.807, 2.05) is 0 Å². The Morgan fingerprint density at radius 1 is 1.30 bits per heavy atom. The van der Waals surface area contributed by atoms with Crippen LogP contribution in [0.5, 0.6) is 11.5 Å². The highest BCUT2D eigenvalue weighted by Crippen LogP contribution is 2.30. The van der Waals surface area contributed by atoms with E-state index in [2.05, 4.69) is 35.1 Å². The van der Waals surface area contributed by atoms with Crippen molar-refractivity contribution in [2.75, 3.05) is 19.8 Å². The van der Waals surface area contributed by atoms with Crippen LogP contribution in [0.2, 0.25) is 0 Å². The fraction of sp³-hybridized carbons (Fsp3) is 0.533. The summed E-state index contributed by atoms with van der Waals surface area (Å²) in [7, 11) is 0. The van der Waals surface area contributed by atoms with Crippen molar-refractivity contribution in [1.82, 2.24) is 5.32 Å². The van der Waals surface area contributed by atoms with Gasteiger partial charge < -0.3 is 14.8 Å². The van der Waals surface area contributed by atoms with E-state index in [0.717, 1.165) is 6.42 Å². The van der Waals surface area contributed by atoms with Crippen LogP contribution in [0.1, 0.15) is 30.6 Å². The monoisotopic (exact) mass is 341 g/mol. The minimum Gasteiger partial charge on any atom is -0.486 e. The first-order valence-corrected chi connectivity index (χ1v) is 7.79. The average Bonchev–Trinajstić information content (AvgIpc) is 2.43. The third kappa shape index (κ3) is 4.13. The van der Waals surface area contributed by atoms with E-state index in [1.54, 1.807) is 18.2 Å². The van der Waals surface area contributed by atoms with E-state index in [1.165, 1.54) is 0 Å². The van der Waals surface area contributed by atoms with E-state index >= 15 is 0 Å². The topological polar surface area (TPSA) is 47.6 Å². The van der Waals surface area contributed by atoms with E-state index in [9.17, 15) is 4.79 Å². The Balaban J connectivity index is 1.92. The third-order valence-electron chi connectivity index (χ3n) is 3.02. The molecule has 1 aromatic carbocycles. The number of carbonyl (C=O) groups excluding carboxylic acids is 1. The molecule has 1 atom stereocenters. The maximum absolute atomic E-state index is 12.1. The maximum Gasteiger partial charge on any atom is 0.251 e. The van der Waals surface area contributed by atoms with Crippen LogP contribution >= 0.6 is 15.9 Å². The van der Waals surface area contributed by atoms with Crippen LogP contribution in [0.15, 0.2) is 18.2 Å². The van der Waals surface area contributed by atoms with Gasteiger partial charge in [-0.2, -0.15) is 0 Å². The number of nitrogens with one attached hydrogen (secondary N) is 1. The highest BCUT2D eigenvalue weighted by molar-refractivity contribution is 9.09. The predicted octanol–water partition coefficient (Wildman–Crippen LogP) is 3.00. The molecule has 0 bridgehead atoms. The van der Waals surface area contributed by atoms with Crippen molar-refractivity contribution in [3.63, 3.8) is 0 Å². The molecule has 5 heteroatoms. The van der Waals surface area contributed by atoms with Gasteiger partial charge in [0.1, 0.15) is 13.2 Å². The average molecular weight is 342 g/mol. The first-order valence-electron chi connectivity index (χ1n) is 6.88. The fourth-order valence-corrected chi connectivity index (χ4v) is 2.99. The first kappa shape index (κ1) is 15.2. The standard InChI is InChI=1S/C15H20BrNO3/c1-10(2)7-12(16)9-17-15(18)11-3-4-13-14(8-11)20-6-5-19-13/h3-4,8,10,12H,5-7,9H2,1-2H3,(H,17,18). The lowest BCUT2D eigenvalue weighted by Gasteiger charge is -2.19. The van der Waals surface area contributed by atoms with Gasteiger partial charge in [-0.15, -0.1) is 0 Å². The molecule has 1 aliphatic rings. The Labute approximate surface area is 128 Å². The lowest BCUT2D eigenvalue weighted by atomic mass is 10.1. The highest BCUT2D eigenvalue weighted by atomic mass is 79.9. The van der Waals surface area contributed by atoms with Crippen molar-refractivity contribution < 1.29 is 14.3 Å². The zero-order valence-electron chi connectivity index (χ0n) is 11.8. The molecule has 0 radical (unpaired) electrons. The number of carbonyl (C=O) groups is 1. The molecular formula is C15H20BrNO3. The molecule has 0 aliphatic carbocycles. The summed E-state index contributed by atoms with van der Waals surface area (Å²) in [6, 6.07) is 5.27. The smallest absolute Gasteiger partial charge is 0.251 e. The molecule has 20 heavy (non-hydrogen) atoms. The van der Waals surface area contributed by atoms with Gasteiger partial charge in [-0.1, -0.05) is 29.8 Å². The molecule has 0 spiro atoms. The van der Waals surface area contributed by atoms with E-state index < -0.39 is 0 Å². The van der Waals surface area contributed by atoms with Crippen LogP contribution < -0.4 is 14.8 Å². The zero-order valence-corrected chi connectivity index (χ0v) is 13.4. The SMILES string of the molecule is CC(C)CC(Br)CNC(=O)c1ccc2c(c1)OCCO2. The molecule has 110 valence electrons. The lowest BCUT2D eigenvalue weighted by molar-refractivity contribution is 0.0952. The Morgan fingerprint density at radius 2 is 2.00 bits per heavy atom. The summed E-state index contributed by atoms with van der Waals surface area (Å²) >= 11 is 3.58. The number of fused-ring (bicyclic) bond motifs is 1. The van der Waals surface area contributed by atoms with Crippen molar-refractivity contribution in [1.29, 1.82) is 0 Å². The Kier molecular flexibility index (Phi) is 5.29. The van der Waals surface area contributed by atoms with E-state index in [-0.39, 0.29) is 5.91 Å². The number of rotatable bonds is 5. The minimum absolute atomic E-state index is 0.0878. The minimum atomic E-state index is -0.0878. The van der Waals surface area contributed by atoms with Gasteiger partial charge in [0.25, 0.3) is 5.91 Å². The number of halogens is 1. The molecule has 4 nitrogen and oxygen atoms in total. The summed E-state index contributed by atoms with van der Waals surface area (Å²) in [6.07, 6.45) is 1.03. The van der Waals surface area contributed by atoms with Gasteiger partial charge in [0.2, 0.25) is 0 Å². The Hall–Kier alpha value is -1.23. The summed E-state index contributed by atoms with van der Waals surface area (Å²) in [6.45, 7) is 6.02. The normalized spacial score (nSPS) is 15.0. The van der Waals surface area contributed by atoms with Gasteiger partial charge in [-0.3, -0.25) is 4.79 Å². The van der Waals surface area contributed by atoms with Crippen LogP contribution in [0.25, 0.3) is 0 Å². The quantitative estimate of drug-likeness (QED) is 0.837. The molecule has 0 saturated carbocycles. The van der Waals surface area contributed by atoms with E-state index in [0.29, 0.717) is 47.6 Å². The molecule has 0 aromatic heterocycles. The van der Waals surface area contributed by atoms with Gasteiger partial charge >= 0.3 is 0 Å². The van der Waals surface area contributed by atoms with Crippen molar-refractivity contribution in [3.8, 4) is 11.5 Å². The maximum atomic E-state index is 12.1. The van der Waals surface area contributed by atoms with Crippen LogP contribution in [-0.4, -0.2) is 30.5 Å². The van der Waals surface area contributed by atoms with Gasteiger partial charge in [0.15, 0.2) is 11.5 Å². The zero-order chi connectivity index (χ0) is 14.5. The van der Waals surface area contributed by atoms with Crippen molar-refractivity contribution in [2.45, 2.75) is 25.1 Å². The summed E-state index contributed by atoms with van der Waals surface area (Å²) in [5.74, 6) is 1.85. The van der Waals surface area contributed by atoms with E-state index in [4.69, 9.17) is 9.47 Å². The summed E-state index contributed by atoms with van der Waals surface area (Å²) in [5, 5.41) is 2.93. The van der Waals surface area contributed by atoms with Gasteiger partial charge in [-0.05, 0) is 30.5 Å². The molecule has 2 rings (SSSR count). The number of alkyl halides is 1. The summed E-state index contributed by atoms with van der Waals surface area (Å²) < 4.78 is 10.9. The van der Waals surface area contributed by atoms with Crippen LogP contribution in [-0.2, 0) is 0 Å². The molecular weight excluding hydrogens is 322 g/mol. The molecule has 0 saturated heterocycles. The second-order valence-corrected chi connectivity index (χ2v) is 6.59. The largest absolute Gasteiger partial charge is 0.486 e. The Morgan fingerprint density at radius 3 is 2.70 bits per heavy atom. The van der Waals surface area contributed by atoms with Crippen molar-refractivity contribution in [2.24, 2.45) is 5.92 Å². The second-order valence-electron chi connectivity index (χ2n) is 5.30. The number of amides is 1. The second kappa shape index (κ2) is 6.97. The van der Waals surface area contributed by atoms with Gasteiger partial charge in [0.05, 0.1) is 0 Å². The van der Waals surface area contributed by atoms with Gasteiger partial charge in [-0.25, -0.2) is 0 Å². The lowest BCUT2D eigenvalue weighted by Crippen LogP contribution is -2.30. The molecule has 1 heterocycles. The number of benzene rings is 1. The predicted molar refractivity (Wildman–Crippen MR) is 81.9 cm³/mol.